The molecule has 2 amide bonds. The maximum absolute atomic E-state index is 12.1. The van der Waals surface area contributed by atoms with Crippen LogP contribution >= 0.6 is 11.6 Å². The number of nitrogens with one attached hydrogen (secondary N) is 2. The van der Waals surface area contributed by atoms with Gasteiger partial charge in [0.1, 0.15) is 0 Å². The molecular weight excluding hydrogens is 374 g/mol. The number of hydrogen-bond donors (Lipinski definition) is 2. The second kappa shape index (κ2) is 13.3. The summed E-state index contributed by atoms with van der Waals surface area (Å²) in [6, 6.07) is 7.04. The summed E-state index contributed by atoms with van der Waals surface area (Å²) in [6.45, 7) is 0. The van der Waals surface area contributed by atoms with Crippen molar-refractivity contribution in [2.75, 3.05) is 5.32 Å². The molecule has 0 heterocycles. The van der Waals surface area contributed by atoms with Crippen LogP contribution in [0.4, 0.5) is 5.69 Å². The van der Waals surface area contributed by atoms with Gasteiger partial charge in [0.15, 0.2) is 0 Å². The first-order chi connectivity index (χ1) is 13.6. The molecule has 0 unspecified atom stereocenters. The molecule has 6 heteroatoms. The van der Waals surface area contributed by atoms with Crippen LogP contribution in [0.25, 0.3) is 0 Å². The zero-order chi connectivity index (χ0) is 20.0. The summed E-state index contributed by atoms with van der Waals surface area (Å²) < 4.78 is 0. The molecule has 1 aromatic rings. The fourth-order valence-corrected chi connectivity index (χ4v) is 3.51. The molecule has 1 saturated carbocycles. The smallest absolute Gasteiger partial charge is 0.240 e. The van der Waals surface area contributed by atoms with E-state index < -0.39 is 0 Å². The van der Waals surface area contributed by atoms with Gasteiger partial charge >= 0.3 is 0 Å². The van der Waals surface area contributed by atoms with Gasteiger partial charge in [0, 0.05) is 18.6 Å². The highest BCUT2D eigenvalue weighted by atomic mass is 35.5. The predicted molar refractivity (Wildman–Crippen MR) is 116 cm³/mol. The fourth-order valence-electron chi connectivity index (χ4n) is 3.33. The van der Waals surface area contributed by atoms with Crippen molar-refractivity contribution in [1.29, 1.82) is 0 Å². The number of carbonyl (C=O) groups is 2. The largest absolute Gasteiger partial charge is 0.325 e. The average Bonchev–Trinajstić information content (AvgIpc) is 2.68. The lowest BCUT2D eigenvalue weighted by Gasteiger charge is -2.10. The number of hydrazone groups is 1. The van der Waals surface area contributed by atoms with Gasteiger partial charge in [-0.05, 0) is 37.8 Å². The van der Waals surface area contributed by atoms with Gasteiger partial charge < -0.3 is 5.32 Å². The van der Waals surface area contributed by atoms with Crippen molar-refractivity contribution in [3.05, 3.63) is 29.3 Å². The number of rotatable bonds is 5. The van der Waals surface area contributed by atoms with Crippen LogP contribution in [0.15, 0.2) is 29.4 Å². The summed E-state index contributed by atoms with van der Waals surface area (Å²) in [4.78, 5) is 24.1. The van der Waals surface area contributed by atoms with Gasteiger partial charge in [-0.3, -0.25) is 9.59 Å². The van der Waals surface area contributed by atoms with E-state index in [-0.39, 0.29) is 24.7 Å². The Bertz CT molecular complexity index is 647. The van der Waals surface area contributed by atoms with Crippen LogP contribution in [0.3, 0.4) is 0 Å². The summed E-state index contributed by atoms with van der Waals surface area (Å²) in [7, 11) is 0. The number of benzene rings is 1. The normalized spacial score (nSPS) is 16.4. The molecule has 1 aliphatic rings. The topological polar surface area (TPSA) is 70.6 Å². The minimum Gasteiger partial charge on any atom is -0.325 e. The molecular formula is C22H32ClN3O2. The van der Waals surface area contributed by atoms with E-state index in [1.54, 1.807) is 24.3 Å². The number of para-hydroxylation sites is 1. The fraction of sp³-hybridized carbons (Fsp3) is 0.591. The first kappa shape index (κ1) is 22.4. The van der Waals surface area contributed by atoms with E-state index in [9.17, 15) is 9.59 Å². The Hall–Kier alpha value is -1.88. The van der Waals surface area contributed by atoms with Gasteiger partial charge in [-0.15, -0.1) is 0 Å². The maximum Gasteiger partial charge on any atom is 0.240 e. The van der Waals surface area contributed by atoms with E-state index >= 15 is 0 Å². The van der Waals surface area contributed by atoms with E-state index in [2.05, 4.69) is 15.8 Å². The third-order valence-corrected chi connectivity index (χ3v) is 5.33. The molecule has 1 aromatic carbocycles. The summed E-state index contributed by atoms with van der Waals surface area (Å²) in [6.07, 6.45) is 13.4. The average molecular weight is 406 g/mol. The molecule has 0 bridgehead atoms. The third kappa shape index (κ3) is 9.36. The minimum absolute atomic E-state index is 0.0991. The zero-order valence-electron chi connectivity index (χ0n) is 16.6. The zero-order valence-corrected chi connectivity index (χ0v) is 17.4. The second-order valence-electron chi connectivity index (χ2n) is 7.42. The first-order valence-electron chi connectivity index (χ1n) is 10.5. The lowest BCUT2D eigenvalue weighted by Crippen LogP contribution is -2.22. The number of amides is 2. The number of hydrogen-bond acceptors (Lipinski definition) is 3. The van der Waals surface area contributed by atoms with Gasteiger partial charge in [-0.1, -0.05) is 68.7 Å². The molecule has 0 aliphatic heterocycles. The molecule has 0 radical (unpaired) electrons. The van der Waals surface area contributed by atoms with Gasteiger partial charge in [0.2, 0.25) is 11.8 Å². The van der Waals surface area contributed by atoms with E-state index in [1.165, 1.54) is 44.9 Å². The molecule has 28 heavy (non-hydrogen) atoms. The highest BCUT2D eigenvalue weighted by Crippen LogP contribution is 2.20. The highest BCUT2D eigenvalue weighted by molar-refractivity contribution is 6.33. The molecule has 2 rings (SSSR count). The molecule has 0 spiro atoms. The molecule has 2 N–H and O–H groups in total. The van der Waals surface area contributed by atoms with Crippen LogP contribution in [-0.2, 0) is 9.59 Å². The summed E-state index contributed by atoms with van der Waals surface area (Å²) >= 11 is 6.02. The maximum atomic E-state index is 12.1. The minimum atomic E-state index is -0.234. The van der Waals surface area contributed by atoms with Crippen LogP contribution in [0.5, 0.6) is 0 Å². The number of anilines is 1. The molecule has 0 atom stereocenters. The lowest BCUT2D eigenvalue weighted by atomic mass is 10.00. The monoisotopic (exact) mass is 405 g/mol. The van der Waals surface area contributed by atoms with Crippen molar-refractivity contribution in [1.82, 2.24) is 5.43 Å². The number of halogens is 1. The van der Waals surface area contributed by atoms with Crippen LogP contribution in [-0.4, -0.2) is 17.5 Å². The van der Waals surface area contributed by atoms with E-state index in [1.807, 2.05) is 0 Å². The molecule has 1 aliphatic carbocycles. The number of carbonyl (C=O) groups excluding carboxylic acids is 2. The van der Waals surface area contributed by atoms with Crippen LogP contribution < -0.4 is 10.7 Å². The van der Waals surface area contributed by atoms with Gasteiger partial charge in [0.05, 0.1) is 10.7 Å². The van der Waals surface area contributed by atoms with Crippen molar-refractivity contribution in [2.45, 2.75) is 83.5 Å². The Morgan fingerprint density at radius 1 is 0.821 bits per heavy atom. The number of nitrogens with zero attached hydrogens (tertiary/aromatic N) is 1. The van der Waals surface area contributed by atoms with Crippen molar-refractivity contribution >= 4 is 34.8 Å². The Morgan fingerprint density at radius 3 is 1.96 bits per heavy atom. The first-order valence-corrected chi connectivity index (χ1v) is 10.9. The summed E-state index contributed by atoms with van der Waals surface area (Å²) in [5.41, 5.74) is 4.27. The van der Waals surface area contributed by atoms with Crippen LogP contribution in [0.2, 0.25) is 5.02 Å². The van der Waals surface area contributed by atoms with Crippen LogP contribution in [0, 0.1) is 0 Å². The second-order valence-corrected chi connectivity index (χ2v) is 7.83. The molecule has 154 valence electrons. The molecule has 5 nitrogen and oxygen atoms in total. The highest BCUT2D eigenvalue weighted by Gasteiger charge is 2.09. The van der Waals surface area contributed by atoms with E-state index in [0.29, 0.717) is 10.7 Å². The molecule has 1 fully saturated rings. The van der Waals surface area contributed by atoms with Crippen LogP contribution in [0.1, 0.15) is 83.5 Å². The Kier molecular flexibility index (Phi) is 10.7. The third-order valence-electron chi connectivity index (χ3n) is 5.00. The summed E-state index contributed by atoms with van der Waals surface area (Å²) in [5, 5.41) is 7.56. The predicted octanol–water partition coefficient (Wildman–Crippen LogP) is 5.84. The van der Waals surface area contributed by atoms with E-state index in [0.717, 1.165) is 31.4 Å². The lowest BCUT2D eigenvalue weighted by molar-refractivity contribution is -0.124. The molecule has 0 aromatic heterocycles. The van der Waals surface area contributed by atoms with Gasteiger partial charge in [-0.25, -0.2) is 5.43 Å². The van der Waals surface area contributed by atoms with Crippen molar-refractivity contribution in [3.63, 3.8) is 0 Å². The Balaban J connectivity index is 1.73. The quantitative estimate of drug-likeness (QED) is 0.604. The van der Waals surface area contributed by atoms with Crippen molar-refractivity contribution in [2.24, 2.45) is 5.10 Å². The Labute approximate surface area is 173 Å². The van der Waals surface area contributed by atoms with Crippen molar-refractivity contribution in [3.8, 4) is 0 Å². The van der Waals surface area contributed by atoms with Gasteiger partial charge in [-0.2, -0.15) is 5.10 Å². The summed E-state index contributed by atoms with van der Waals surface area (Å²) in [5.74, 6) is -0.463. The Morgan fingerprint density at radius 2 is 1.36 bits per heavy atom. The van der Waals surface area contributed by atoms with E-state index in [4.69, 9.17) is 11.6 Å². The van der Waals surface area contributed by atoms with Crippen molar-refractivity contribution < 1.29 is 9.59 Å². The standard InChI is InChI=1S/C22H32ClN3O2/c23-19-14-10-11-15-20(19)24-21(27)16-17-22(28)26-25-18-12-8-6-4-2-1-3-5-7-9-13-18/h10-11,14-15H,1-9,12-13,16-17H2,(H,24,27)(H,26,28). The van der Waals surface area contributed by atoms with Gasteiger partial charge in [0.25, 0.3) is 0 Å². The SMILES string of the molecule is O=C(CCC(=O)Nc1ccccc1Cl)NN=C1CCCCCCCCCCC1. The molecule has 0 saturated heterocycles.